The Balaban J connectivity index is 1.88. The number of nitrogens with zero attached hydrogens (tertiary/aromatic N) is 3. The highest BCUT2D eigenvalue weighted by Crippen LogP contribution is 2.36. The van der Waals surface area contributed by atoms with Gasteiger partial charge in [0.1, 0.15) is 22.3 Å². The summed E-state index contributed by atoms with van der Waals surface area (Å²) >= 11 is 18.9. The summed E-state index contributed by atoms with van der Waals surface area (Å²) in [4.78, 5) is 16.7. The van der Waals surface area contributed by atoms with E-state index in [9.17, 15) is 9.18 Å². The predicted octanol–water partition coefficient (Wildman–Crippen LogP) is 4.69. The van der Waals surface area contributed by atoms with E-state index in [0.29, 0.717) is 10.0 Å². The maximum Gasteiger partial charge on any atom is 0.208 e. The minimum Gasteiger partial charge on any atom is -0.492 e. The standard InChI is InChI=1S/C17H12Cl3FN4O3S/c1-27-16-8(18)3-2-7(14(16)21)10-4-9(22)13(19)15(23-10)12(26)6-28-5-11-17(20)29-25-24-11/h2-4H,5-6H2,1H3,(H2,22,23). The van der Waals surface area contributed by atoms with Crippen LogP contribution in [-0.2, 0) is 11.3 Å². The van der Waals surface area contributed by atoms with E-state index < -0.39 is 11.6 Å². The number of ketones is 1. The zero-order valence-electron chi connectivity index (χ0n) is 14.7. The van der Waals surface area contributed by atoms with Gasteiger partial charge in [0.25, 0.3) is 0 Å². The van der Waals surface area contributed by atoms with Gasteiger partial charge in [-0.2, -0.15) is 0 Å². The van der Waals surface area contributed by atoms with Crippen LogP contribution in [0.4, 0.5) is 10.1 Å². The molecule has 2 aromatic heterocycles. The van der Waals surface area contributed by atoms with Gasteiger partial charge in [-0.1, -0.05) is 39.3 Å². The molecular weight excluding hydrogens is 466 g/mol. The number of benzene rings is 1. The highest BCUT2D eigenvalue weighted by Gasteiger charge is 2.21. The van der Waals surface area contributed by atoms with Gasteiger partial charge in [-0.3, -0.25) is 4.79 Å². The van der Waals surface area contributed by atoms with E-state index in [4.69, 9.17) is 50.0 Å². The molecule has 7 nitrogen and oxygen atoms in total. The lowest BCUT2D eigenvalue weighted by molar-refractivity contribution is 0.0716. The number of methoxy groups -OCH3 is 1. The van der Waals surface area contributed by atoms with Gasteiger partial charge in [-0.05, 0) is 18.2 Å². The molecule has 0 aliphatic rings. The first-order valence-corrected chi connectivity index (χ1v) is 9.80. The minimum absolute atomic E-state index is 0.0170. The first-order chi connectivity index (χ1) is 13.8. The number of aromatic nitrogens is 3. The molecule has 0 saturated carbocycles. The molecule has 0 fully saturated rings. The highest BCUT2D eigenvalue weighted by atomic mass is 35.5. The Morgan fingerprint density at radius 2 is 2.07 bits per heavy atom. The van der Waals surface area contributed by atoms with Crippen LogP contribution in [0.15, 0.2) is 18.2 Å². The van der Waals surface area contributed by atoms with Crippen LogP contribution in [-0.4, -0.2) is 34.1 Å². The molecule has 0 unspecified atom stereocenters. The van der Waals surface area contributed by atoms with Crippen LogP contribution in [0.1, 0.15) is 16.2 Å². The van der Waals surface area contributed by atoms with Gasteiger partial charge in [-0.15, -0.1) is 5.10 Å². The lowest BCUT2D eigenvalue weighted by Crippen LogP contribution is -2.13. The van der Waals surface area contributed by atoms with Gasteiger partial charge in [0.15, 0.2) is 11.6 Å². The van der Waals surface area contributed by atoms with Crippen molar-refractivity contribution in [1.29, 1.82) is 0 Å². The third-order valence-electron chi connectivity index (χ3n) is 3.76. The molecule has 1 aromatic carbocycles. The number of nitrogen functional groups attached to an aromatic ring is 1. The number of anilines is 1. The molecule has 3 aromatic rings. The molecule has 29 heavy (non-hydrogen) atoms. The average Bonchev–Trinajstić information content (AvgIpc) is 3.09. The third kappa shape index (κ3) is 4.59. The van der Waals surface area contributed by atoms with Crippen molar-refractivity contribution in [1.82, 2.24) is 14.6 Å². The van der Waals surface area contributed by atoms with Crippen molar-refractivity contribution in [2.24, 2.45) is 0 Å². The summed E-state index contributed by atoms with van der Waals surface area (Å²) < 4.78 is 29.0. The monoisotopic (exact) mass is 476 g/mol. The Kier molecular flexibility index (Phi) is 6.86. The smallest absolute Gasteiger partial charge is 0.208 e. The molecule has 12 heteroatoms. The summed E-state index contributed by atoms with van der Waals surface area (Å²) in [7, 11) is 1.29. The van der Waals surface area contributed by atoms with Gasteiger partial charge in [0.2, 0.25) is 5.78 Å². The fourth-order valence-electron chi connectivity index (χ4n) is 2.38. The van der Waals surface area contributed by atoms with Crippen molar-refractivity contribution in [2.75, 3.05) is 19.5 Å². The second kappa shape index (κ2) is 9.19. The largest absolute Gasteiger partial charge is 0.492 e. The average molecular weight is 478 g/mol. The molecular formula is C17H12Cl3FN4O3S. The number of carbonyl (C=O) groups is 1. The quantitative estimate of drug-likeness (QED) is 0.493. The number of ether oxygens (including phenoxy) is 2. The Hall–Kier alpha value is -2.04. The zero-order chi connectivity index (χ0) is 21.1. The van der Waals surface area contributed by atoms with Crippen molar-refractivity contribution >= 4 is 57.8 Å². The van der Waals surface area contributed by atoms with Crippen LogP contribution >= 0.6 is 46.3 Å². The second-order valence-electron chi connectivity index (χ2n) is 5.61. The van der Waals surface area contributed by atoms with Gasteiger partial charge in [0.05, 0.1) is 35.1 Å². The molecule has 2 heterocycles. The number of halogens is 4. The fourth-order valence-corrected chi connectivity index (χ4v) is 3.41. The molecule has 0 bridgehead atoms. The number of pyridine rings is 1. The van der Waals surface area contributed by atoms with E-state index in [0.717, 1.165) is 11.5 Å². The molecule has 0 spiro atoms. The van der Waals surface area contributed by atoms with E-state index >= 15 is 0 Å². The molecule has 0 atom stereocenters. The van der Waals surface area contributed by atoms with Crippen LogP contribution in [0.3, 0.4) is 0 Å². The maximum atomic E-state index is 14.7. The number of hydrogen-bond acceptors (Lipinski definition) is 8. The van der Waals surface area contributed by atoms with Crippen molar-refractivity contribution in [3.05, 3.63) is 49.8 Å². The zero-order valence-corrected chi connectivity index (χ0v) is 17.8. The van der Waals surface area contributed by atoms with E-state index in [-0.39, 0.29) is 51.6 Å². The molecule has 0 aliphatic heterocycles. The number of hydrogen-bond donors (Lipinski definition) is 1. The molecule has 0 radical (unpaired) electrons. The van der Waals surface area contributed by atoms with Gasteiger partial charge in [-0.25, -0.2) is 9.37 Å². The predicted molar refractivity (Wildman–Crippen MR) is 110 cm³/mol. The van der Waals surface area contributed by atoms with Gasteiger partial charge >= 0.3 is 0 Å². The Morgan fingerprint density at radius 3 is 2.72 bits per heavy atom. The van der Waals surface area contributed by atoms with E-state index in [1.54, 1.807) is 0 Å². The first-order valence-electron chi connectivity index (χ1n) is 7.89. The summed E-state index contributed by atoms with van der Waals surface area (Å²) in [6.45, 7) is -0.382. The number of Topliss-reactive ketones (excluding diaryl/α,β-unsaturated/α-hetero) is 1. The molecule has 152 valence electrons. The fraction of sp³-hybridized carbons (Fsp3) is 0.176. The number of carbonyl (C=O) groups excluding carboxylic acids is 1. The third-order valence-corrected chi connectivity index (χ3v) is 5.44. The van der Waals surface area contributed by atoms with Crippen LogP contribution < -0.4 is 10.5 Å². The summed E-state index contributed by atoms with van der Waals surface area (Å²) in [5, 5.41) is 3.81. The topological polar surface area (TPSA) is 100 Å². The Bertz CT molecular complexity index is 1080. The molecule has 3 rings (SSSR count). The SMILES string of the molecule is COc1c(Cl)ccc(-c2cc(N)c(Cl)c(C(=O)COCc3nnsc3Cl)n2)c1F. The number of nitrogens with two attached hydrogens (primary N) is 1. The van der Waals surface area contributed by atoms with Gasteiger partial charge < -0.3 is 15.2 Å². The molecule has 2 N–H and O–H groups in total. The maximum absolute atomic E-state index is 14.7. The van der Waals surface area contributed by atoms with Crippen molar-refractivity contribution < 1.29 is 18.7 Å². The van der Waals surface area contributed by atoms with Crippen LogP contribution in [0.25, 0.3) is 11.3 Å². The van der Waals surface area contributed by atoms with E-state index in [1.165, 1.54) is 25.3 Å². The number of rotatable bonds is 7. The summed E-state index contributed by atoms with van der Waals surface area (Å²) in [5.74, 6) is -1.44. The van der Waals surface area contributed by atoms with Crippen molar-refractivity contribution in [3.8, 4) is 17.0 Å². The highest BCUT2D eigenvalue weighted by molar-refractivity contribution is 7.10. The summed E-state index contributed by atoms with van der Waals surface area (Å²) in [6, 6.07) is 4.20. The normalized spacial score (nSPS) is 10.9. The Morgan fingerprint density at radius 1 is 1.31 bits per heavy atom. The molecule has 0 saturated heterocycles. The summed E-state index contributed by atoms with van der Waals surface area (Å²) in [6.07, 6.45) is 0. The van der Waals surface area contributed by atoms with Crippen LogP contribution in [0.2, 0.25) is 14.4 Å². The van der Waals surface area contributed by atoms with E-state index in [1.807, 2.05) is 0 Å². The second-order valence-corrected chi connectivity index (χ2v) is 7.75. The lowest BCUT2D eigenvalue weighted by atomic mass is 10.1. The van der Waals surface area contributed by atoms with Crippen molar-refractivity contribution in [2.45, 2.75) is 6.61 Å². The molecule has 0 amide bonds. The van der Waals surface area contributed by atoms with Crippen LogP contribution in [0, 0.1) is 5.82 Å². The molecule has 0 aliphatic carbocycles. The Labute approximate surface area is 183 Å². The van der Waals surface area contributed by atoms with Crippen molar-refractivity contribution in [3.63, 3.8) is 0 Å². The van der Waals surface area contributed by atoms with Gasteiger partial charge in [0, 0.05) is 17.1 Å². The minimum atomic E-state index is -0.741. The lowest BCUT2D eigenvalue weighted by Gasteiger charge is -2.12. The first kappa shape index (κ1) is 21.7. The van der Waals surface area contributed by atoms with Crippen LogP contribution in [0.5, 0.6) is 5.75 Å². The van der Waals surface area contributed by atoms with E-state index in [2.05, 4.69) is 14.6 Å². The summed E-state index contributed by atoms with van der Waals surface area (Å²) in [5.41, 5.74) is 6.34.